The second-order valence-corrected chi connectivity index (χ2v) is 10.2. The third kappa shape index (κ3) is 5.80. The molecule has 2 aromatic carbocycles. The molecule has 2 aromatic heterocycles. The van der Waals surface area contributed by atoms with Gasteiger partial charge in [-0.25, -0.2) is 9.48 Å². The lowest BCUT2D eigenvalue weighted by molar-refractivity contribution is -0.207. The van der Waals surface area contributed by atoms with Crippen LogP contribution in [0.15, 0.2) is 53.3 Å². The van der Waals surface area contributed by atoms with Crippen molar-refractivity contribution in [1.29, 1.82) is 0 Å². The molecule has 216 valence electrons. The third-order valence-corrected chi connectivity index (χ3v) is 7.17. The van der Waals surface area contributed by atoms with Crippen LogP contribution >= 0.6 is 23.2 Å². The van der Waals surface area contributed by atoms with Crippen molar-refractivity contribution in [2.24, 2.45) is 5.73 Å². The van der Waals surface area contributed by atoms with E-state index in [9.17, 15) is 27.9 Å². The fourth-order valence-electron chi connectivity index (χ4n) is 4.62. The minimum absolute atomic E-state index is 0.0702. The van der Waals surface area contributed by atoms with E-state index in [0.717, 1.165) is 9.25 Å². The van der Waals surface area contributed by atoms with Crippen molar-refractivity contribution in [3.63, 3.8) is 0 Å². The number of halogens is 5. The van der Waals surface area contributed by atoms with E-state index in [4.69, 9.17) is 28.9 Å². The van der Waals surface area contributed by atoms with Crippen LogP contribution in [0.25, 0.3) is 17.1 Å². The molecule has 0 saturated carbocycles. The smallest absolute Gasteiger partial charge is 0.382 e. The van der Waals surface area contributed by atoms with Crippen molar-refractivity contribution in [2.45, 2.75) is 44.3 Å². The highest BCUT2D eigenvalue weighted by Crippen LogP contribution is 2.30. The van der Waals surface area contributed by atoms with E-state index in [-0.39, 0.29) is 24.1 Å². The summed E-state index contributed by atoms with van der Waals surface area (Å²) in [4.78, 5) is 31.7. The van der Waals surface area contributed by atoms with Crippen LogP contribution in [0.2, 0.25) is 10.0 Å². The Kier molecular flexibility index (Phi) is 7.81. The summed E-state index contributed by atoms with van der Waals surface area (Å²) in [5.74, 6) is -0.328. The first kappa shape index (κ1) is 28.6. The lowest BCUT2D eigenvalue weighted by Gasteiger charge is -2.23. The zero-order valence-electron chi connectivity index (χ0n) is 21.2. The van der Waals surface area contributed by atoms with Crippen molar-refractivity contribution < 1.29 is 23.1 Å². The maximum atomic E-state index is 13.3. The molecule has 0 aliphatic carbocycles. The van der Waals surface area contributed by atoms with Gasteiger partial charge in [-0.1, -0.05) is 35.3 Å². The van der Waals surface area contributed by atoms with Gasteiger partial charge >= 0.3 is 11.9 Å². The van der Waals surface area contributed by atoms with Gasteiger partial charge in [-0.15, -0.1) is 10.2 Å². The average Bonchev–Trinajstić information content (AvgIpc) is 3.63. The molecule has 3 N–H and O–H groups in total. The topological polar surface area (TPSA) is 137 Å². The molecular weight excluding hydrogens is 588 g/mol. The fourth-order valence-corrected chi connectivity index (χ4v) is 4.96. The number of rotatable bonds is 8. The summed E-state index contributed by atoms with van der Waals surface area (Å²) in [6.45, 7) is -0.962. The van der Waals surface area contributed by atoms with Crippen LogP contribution in [-0.4, -0.2) is 65.0 Å². The van der Waals surface area contributed by atoms with Crippen LogP contribution in [-0.2, 0) is 17.9 Å². The molecule has 0 radical (unpaired) electrons. The number of amides is 1. The van der Waals surface area contributed by atoms with Gasteiger partial charge in [-0.2, -0.15) is 22.8 Å². The number of para-hydroxylation sites is 1. The quantitative estimate of drug-likeness (QED) is 0.313. The lowest BCUT2D eigenvalue weighted by Crippen LogP contribution is -2.41. The van der Waals surface area contributed by atoms with Crippen LogP contribution in [0, 0.1) is 0 Å². The Morgan fingerprint density at radius 2 is 1.83 bits per heavy atom. The predicted octanol–water partition coefficient (Wildman–Crippen LogP) is 3.02. The minimum atomic E-state index is -4.96. The van der Waals surface area contributed by atoms with E-state index in [1.54, 1.807) is 29.2 Å². The van der Waals surface area contributed by atoms with Gasteiger partial charge in [-0.3, -0.25) is 9.36 Å². The normalized spacial score (nSPS) is 16.3. The molecule has 11 nitrogen and oxygen atoms in total. The number of primary amides is 1. The maximum Gasteiger partial charge on any atom is 0.416 e. The van der Waals surface area contributed by atoms with Crippen LogP contribution in [0.5, 0.6) is 0 Å². The second-order valence-electron chi connectivity index (χ2n) is 9.38. The van der Waals surface area contributed by atoms with E-state index in [0.29, 0.717) is 40.7 Å². The molecule has 5 rings (SSSR count). The molecule has 0 spiro atoms. The summed E-state index contributed by atoms with van der Waals surface area (Å²) in [6.07, 6.45) is -6.59. The number of anilines is 1. The van der Waals surface area contributed by atoms with Crippen LogP contribution in [0.4, 0.5) is 19.1 Å². The lowest BCUT2D eigenvalue weighted by atomic mass is 10.2. The second kappa shape index (κ2) is 11.2. The van der Waals surface area contributed by atoms with Gasteiger partial charge in [0, 0.05) is 17.1 Å². The average molecular weight is 611 g/mol. The Morgan fingerprint density at radius 1 is 1.12 bits per heavy atom. The number of carbonyl (C=O) groups excluding carboxylic acids is 1. The zero-order valence-corrected chi connectivity index (χ0v) is 22.7. The van der Waals surface area contributed by atoms with Gasteiger partial charge < -0.3 is 15.7 Å². The Bertz CT molecular complexity index is 1630. The molecule has 41 heavy (non-hydrogen) atoms. The largest absolute Gasteiger partial charge is 0.416 e. The van der Waals surface area contributed by atoms with Crippen molar-refractivity contribution in [3.8, 4) is 17.1 Å². The summed E-state index contributed by atoms with van der Waals surface area (Å²) in [5, 5.41) is 19.2. The maximum absolute atomic E-state index is 13.3. The minimum Gasteiger partial charge on any atom is -0.382 e. The Morgan fingerprint density at radius 3 is 2.49 bits per heavy atom. The van der Waals surface area contributed by atoms with Gasteiger partial charge in [0.05, 0.1) is 17.3 Å². The number of hydrogen-bond acceptors (Lipinski definition) is 7. The zero-order chi connectivity index (χ0) is 29.5. The fraction of sp³-hybridized carbons (Fsp3) is 0.320. The first-order valence-corrected chi connectivity index (χ1v) is 13.1. The number of hydrogen-bond donors (Lipinski definition) is 2. The summed E-state index contributed by atoms with van der Waals surface area (Å²) in [7, 11) is 0. The van der Waals surface area contributed by atoms with Crippen molar-refractivity contribution in [2.75, 3.05) is 11.4 Å². The van der Waals surface area contributed by atoms with E-state index >= 15 is 0 Å². The number of alkyl halides is 3. The predicted molar refractivity (Wildman–Crippen MR) is 144 cm³/mol. The van der Waals surface area contributed by atoms with Crippen LogP contribution in [0.1, 0.15) is 18.7 Å². The number of aliphatic hydroxyl groups excluding tert-OH is 1. The molecule has 4 aromatic rings. The highest BCUT2D eigenvalue weighted by atomic mass is 35.5. The molecule has 1 fully saturated rings. The Hall–Kier alpha value is -3.88. The molecule has 3 heterocycles. The van der Waals surface area contributed by atoms with Gasteiger partial charge in [0.15, 0.2) is 17.8 Å². The number of nitrogens with two attached hydrogens (primary N) is 1. The molecule has 1 aliphatic rings. The molecule has 1 aliphatic heterocycles. The molecule has 1 unspecified atom stereocenters. The molecule has 1 saturated heterocycles. The van der Waals surface area contributed by atoms with Crippen molar-refractivity contribution in [3.05, 3.63) is 74.9 Å². The Balaban J connectivity index is 1.59. The van der Waals surface area contributed by atoms with E-state index in [1.165, 1.54) is 28.9 Å². The number of benzene rings is 2. The summed E-state index contributed by atoms with van der Waals surface area (Å²) in [5.41, 5.74) is 5.44. The van der Waals surface area contributed by atoms with Crippen molar-refractivity contribution >= 4 is 35.1 Å². The summed E-state index contributed by atoms with van der Waals surface area (Å²) >= 11 is 12.4. The van der Waals surface area contributed by atoms with Crippen LogP contribution in [0.3, 0.4) is 0 Å². The first-order valence-electron chi connectivity index (χ1n) is 12.4. The summed E-state index contributed by atoms with van der Waals surface area (Å²) < 4.78 is 42.7. The highest BCUT2D eigenvalue weighted by molar-refractivity contribution is 6.32. The molecule has 1 amide bonds. The van der Waals surface area contributed by atoms with Crippen LogP contribution < -0.4 is 16.3 Å². The standard InChI is InChI=1S/C25H23Cl2F3N8O3/c26-15-9-7-14(8-10-15)22-34-37(24(41)36(22)12-19(39)25(28,29)30)13-20-32-23(35-11-3-6-18(35)21(31)40)38(33-20)17-5-2-1-4-16(17)27/h1-2,4-5,7-10,18-19,39H,3,6,11-13H2,(H2,31,40)/t18-,19?/m0/s1. The van der Waals surface area contributed by atoms with Gasteiger partial charge in [0.2, 0.25) is 11.9 Å². The number of nitrogens with zero attached hydrogens (tertiary/aromatic N) is 7. The summed E-state index contributed by atoms with van der Waals surface area (Å²) in [6, 6.07) is 12.1. The molecule has 2 atom stereocenters. The molecule has 0 bridgehead atoms. The monoisotopic (exact) mass is 610 g/mol. The van der Waals surface area contributed by atoms with Gasteiger partial charge in [-0.05, 0) is 49.2 Å². The van der Waals surface area contributed by atoms with E-state index < -0.39 is 36.5 Å². The first-order chi connectivity index (χ1) is 19.4. The number of aliphatic hydroxyl groups is 1. The van der Waals surface area contributed by atoms with Gasteiger partial charge in [0.25, 0.3) is 0 Å². The number of carbonyl (C=O) groups is 1. The van der Waals surface area contributed by atoms with Gasteiger partial charge in [0.1, 0.15) is 12.6 Å². The highest BCUT2D eigenvalue weighted by Gasteiger charge is 2.39. The number of aromatic nitrogens is 6. The van der Waals surface area contributed by atoms with E-state index in [2.05, 4.69) is 15.2 Å². The third-order valence-electron chi connectivity index (χ3n) is 6.60. The van der Waals surface area contributed by atoms with Crippen molar-refractivity contribution in [1.82, 2.24) is 29.1 Å². The SMILES string of the molecule is NC(=O)[C@@H]1CCCN1c1nc(Cn2nc(-c3ccc(Cl)cc3)n(CC(O)C(F)(F)F)c2=O)nn1-c1ccccc1Cl. The molecule has 16 heteroatoms. The Labute approximate surface area is 240 Å². The molecular formula is C25H23Cl2F3N8O3. The van der Waals surface area contributed by atoms with E-state index in [1.807, 2.05) is 0 Å².